The minimum absolute atomic E-state index is 0.165. The van der Waals surface area contributed by atoms with Gasteiger partial charge in [0.05, 0.1) is 6.20 Å². The standard InChI is InChI=1S/C11H17N3O/c1-2-8-3-5-9(6-4-8)11(15)10-7-12-14-13-10/h7-9H,2-6H2,1H3,(H,12,13,14). The van der Waals surface area contributed by atoms with Crippen molar-refractivity contribution >= 4 is 5.78 Å². The fourth-order valence-corrected chi connectivity index (χ4v) is 2.36. The van der Waals surface area contributed by atoms with Crippen LogP contribution in [0, 0.1) is 11.8 Å². The van der Waals surface area contributed by atoms with Gasteiger partial charge < -0.3 is 0 Å². The highest BCUT2D eigenvalue weighted by atomic mass is 16.1. The number of carbonyl (C=O) groups is 1. The fraction of sp³-hybridized carbons (Fsp3) is 0.727. The molecular formula is C11H17N3O. The Kier molecular flexibility index (Phi) is 3.14. The van der Waals surface area contributed by atoms with E-state index in [0.29, 0.717) is 5.69 Å². The lowest BCUT2D eigenvalue weighted by Gasteiger charge is -2.26. The lowest BCUT2D eigenvalue weighted by Crippen LogP contribution is -2.22. The van der Waals surface area contributed by atoms with Crippen molar-refractivity contribution < 1.29 is 4.79 Å². The van der Waals surface area contributed by atoms with Gasteiger partial charge in [0.25, 0.3) is 0 Å². The van der Waals surface area contributed by atoms with Gasteiger partial charge in [-0.15, -0.1) is 0 Å². The van der Waals surface area contributed by atoms with Crippen LogP contribution >= 0.6 is 0 Å². The van der Waals surface area contributed by atoms with Crippen molar-refractivity contribution in [2.24, 2.45) is 11.8 Å². The first-order valence-corrected chi connectivity index (χ1v) is 5.71. The number of hydrogen-bond acceptors (Lipinski definition) is 3. The molecule has 0 aliphatic heterocycles. The molecule has 4 nitrogen and oxygen atoms in total. The highest BCUT2D eigenvalue weighted by Gasteiger charge is 2.27. The largest absolute Gasteiger partial charge is 0.292 e. The van der Waals surface area contributed by atoms with E-state index in [4.69, 9.17) is 0 Å². The molecule has 82 valence electrons. The predicted molar refractivity (Wildman–Crippen MR) is 56.5 cm³/mol. The molecular weight excluding hydrogens is 190 g/mol. The summed E-state index contributed by atoms with van der Waals surface area (Å²) in [4.78, 5) is 11.9. The van der Waals surface area contributed by atoms with Gasteiger partial charge in [-0.2, -0.15) is 15.4 Å². The number of nitrogens with zero attached hydrogens (tertiary/aromatic N) is 2. The molecule has 1 heterocycles. The van der Waals surface area contributed by atoms with Crippen LogP contribution in [0.2, 0.25) is 0 Å². The van der Waals surface area contributed by atoms with E-state index >= 15 is 0 Å². The minimum atomic E-state index is 0.165. The lowest BCUT2D eigenvalue weighted by atomic mass is 9.78. The van der Waals surface area contributed by atoms with E-state index in [9.17, 15) is 4.79 Å². The van der Waals surface area contributed by atoms with Crippen LogP contribution in [0.3, 0.4) is 0 Å². The third kappa shape index (κ3) is 2.25. The average Bonchev–Trinajstić information content (AvgIpc) is 2.82. The molecule has 1 aromatic rings. The summed E-state index contributed by atoms with van der Waals surface area (Å²) in [6.07, 6.45) is 7.17. The Hall–Kier alpha value is -1.19. The average molecular weight is 207 g/mol. The van der Waals surface area contributed by atoms with Gasteiger partial charge >= 0.3 is 0 Å². The van der Waals surface area contributed by atoms with E-state index in [0.717, 1.165) is 18.8 Å². The maximum atomic E-state index is 11.9. The molecule has 1 aliphatic rings. The van der Waals surface area contributed by atoms with Crippen molar-refractivity contribution in [3.05, 3.63) is 11.9 Å². The van der Waals surface area contributed by atoms with Gasteiger partial charge in [-0.05, 0) is 31.6 Å². The van der Waals surface area contributed by atoms with E-state index < -0.39 is 0 Å². The molecule has 4 heteroatoms. The first kappa shape index (κ1) is 10.3. The molecule has 15 heavy (non-hydrogen) atoms. The van der Waals surface area contributed by atoms with Crippen LogP contribution in [0.5, 0.6) is 0 Å². The molecule has 1 aliphatic carbocycles. The van der Waals surface area contributed by atoms with Crippen molar-refractivity contribution in [3.63, 3.8) is 0 Å². The number of H-pyrrole nitrogens is 1. The zero-order chi connectivity index (χ0) is 10.7. The SMILES string of the molecule is CCC1CCC(C(=O)c2cn[nH]n2)CC1. The second kappa shape index (κ2) is 4.55. The summed E-state index contributed by atoms with van der Waals surface area (Å²) in [7, 11) is 0. The van der Waals surface area contributed by atoms with Crippen LogP contribution in [-0.4, -0.2) is 21.2 Å². The van der Waals surface area contributed by atoms with E-state index in [1.165, 1.54) is 25.5 Å². The summed E-state index contributed by atoms with van der Waals surface area (Å²) in [5.74, 6) is 1.17. The first-order chi connectivity index (χ1) is 7.31. The first-order valence-electron chi connectivity index (χ1n) is 5.71. The van der Waals surface area contributed by atoms with Gasteiger partial charge in [0, 0.05) is 5.92 Å². The van der Waals surface area contributed by atoms with Gasteiger partial charge in [0.1, 0.15) is 5.69 Å². The van der Waals surface area contributed by atoms with Crippen LogP contribution in [0.25, 0.3) is 0 Å². The Morgan fingerprint density at radius 2 is 2.20 bits per heavy atom. The number of nitrogens with one attached hydrogen (secondary N) is 1. The van der Waals surface area contributed by atoms with Gasteiger partial charge in [-0.25, -0.2) is 0 Å². The van der Waals surface area contributed by atoms with Crippen molar-refractivity contribution in [2.75, 3.05) is 0 Å². The third-order valence-electron chi connectivity index (χ3n) is 3.46. The highest BCUT2D eigenvalue weighted by Crippen LogP contribution is 2.32. The Morgan fingerprint density at radius 1 is 1.47 bits per heavy atom. The predicted octanol–water partition coefficient (Wildman–Crippen LogP) is 2.20. The number of rotatable bonds is 3. The topological polar surface area (TPSA) is 58.6 Å². The van der Waals surface area contributed by atoms with Gasteiger partial charge in [0.15, 0.2) is 5.78 Å². The number of carbonyl (C=O) groups excluding carboxylic acids is 1. The summed E-state index contributed by atoms with van der Waals surface area (Å²) in [5, 5.41) is 10.0. The summed E-state index contributed by atoms with van der Waals surface area (Å²) in [6.45, 7) is 2.23. The molecule has 0 saturated heterocycles. The number of ketones is 1. The van der Waals surface area contributed by atoms with Crippen molar-refractivity contribution in [2.45, 2.75) is 39.0 Å². The number of aromatic amines is 1. The molecule has 2 rings (SSSR count). The van der Waals surface area contributed by atoms with Crippen molar-refractivity contribution in [3.8, 4) is 0 Å². The molecule has 0 spiro atoms. The van der Waals surface area contributed by atoms with Crippen LogP contribution in [0.1, 0.15) is 49.5 Å². The van der Waals surface area contributed by atoms with Gasteiger partial charge in [-0.3, -0.25) is 4.79 Å². The number of hydrogen-bond donors (Lipinski definition) is 1. The third-order valence-corrected chi connectivity index (χ3v) is 3.46. The monoisotopic (exact) mass is 207 g/mol. The normalized spacial score (nSPS) is 26.5. The van der Waals surface area contributed by atoms with Crippen LogP contribution in [-0.2, 0) is 0 Å². The Morgan fingerprint density at radius 3 is 2.73 bits per heavy atom. The number of aromatic nitrogens is 3. The molecule has 1 aromatic heterocycles. The van der Waals surface area contributed by atoms with Gasteiger partial charge in [-0.1, -0.05) is 13.3 Å². The van der Waals surface area contributed by atoms with E-state index in [2.05, 4.69) is 22.3 Å². The highest BCUT2D eigenvalue weighted by molar-refractivity contribution is 5.95. The molecule has 0 aromatic carbocycles. The summed E-state index contributed by atoms with van der Waals surface area (Å²) in [6, 6.07) is 0. The minimum Gasteiger partial charge on any atom is -0.292 e. The molecule has 1 fully saturated rings. The Labute approximate surface area is 89.5 Å². The van der Waals surface area contributed by atoms with Crippen LogP contribution in [0.4, 0.5) is 0 Å². The quantitative estimate of drug-likeness (QED) is 0.773. The zero-order valence-electron chi connectivity index (χ0n) is 9.07. The fourth-order valence-electron chi connectivity index (χ4n) is 2.36. The molecule has 0 radical (unpaired) electrons. The lowest BCUT2D eigenvalue weighted by molar-refractivity contribution is 0.0866. The van der Waals surface area contributed by atoms with E-state index in [1.807, 2.05) is 0 Å². The zero-order valence-corrected chi connectivity index (χ0v) is 9.07. The molecule has 0 unspecified atom stereocenters. The van der Waals surface area contributed by atoms with Crippen molar-refractivity contribution in [1.29, 1.82) is 0 Å². The summed E-state index contributed by atoms with van der Waals surface area (Å²) in [5.41, 5.74) is 0.495. The van der Waals surface area contributed by atoms with E-state index in [-0.39, 0.29) is 11.7 Å². The smallest absolute Gasteiger partial charge is 0.187 e. The second-order valence-electron chi connectivity index (χ2n) is 4.35. The Bertz CT molecular complexity index is 313. The van der Waals surface area contributed by atoms with E-state index in [1.54, 1.807) is 0 Å². The maximum Gasteiger partial charge on any atom is 0.187 e. The van der Waals surface area contributed by atoms with Gasteiger partial charge in [0.2, 0.25) is 0 Å². The van der Waals surface area contributed by atoms with Crippen LogP contribution in [0.15, 0.2) is 6.20 Å². The van der Waals surface area contributed by atoms with Crippen molar-refractivity contribution in [1.82, 2.24) is 15.4 Å². The molecule has 1 saturated carbocycles. The molecule has 0 amide bonds. The Balaban J connectivity index is 1.93. The van der Waals surface area contributed by atoms with Crippen LogP contribution < -0.4 is 0 Å². The second-order valence-corrected chi connectivity index (χ2v) is 4.35. The molecule has 1 N–H and O–H groups in total. The summed E-state index contributed by atoms with van der Waals surface area (Å²) >= 11 is 0. The molecule has 0 bridgehead atoms. The maximum absolute atomic E-state index is 11.9. The summed E-state index contributed by atoms with van der Waals surface area (Å²) < 4.78 is 0. The number of Topliss-reactive ketones (excluding diaryl/α,β-unsaturated/α-hetero) is 1. The molecule has 0 atom stereocenters.